The number of aromatic nitrogens is 1. The number of halogens is 2. The summed E-state index contributed by atoms with van der Waals surface area (Å²) in [7, 11) is 0. The van der Waals surface area contributed by atoms with Gasteiger partial charge >= 0.3 is 0 Å². The Balaban J connectivity index is 2.21. The number of thioether (sulfide) groups is 1. The molecule has 0 saturated carbocycles. The smallest absolute Gasteiger partial charge is 0.227 e. The van der Waals surface area contributed by atoms with Gasteiger partial charge in [0.2, 0.25) is 5.91 Å². The summed E-state index contributed by atoms with van der Waals surface area (Å²) in [6.07, 6.45) is 0. The highest BCUT2D eigenvalue weighted by Crippen LogP contribution is 2.33. The van der Waals surface area contributed by atoms with Gasteiger partial charge in [-0.2, -0.15) is 0 Å². The minimum atomic E-state index is -0.360. The van der Waals surface area contributed by atoms with E-state index in [1.165, 1.54) is 23.1 Å². The Morgan fingerprint density at radius 1 is 1.44 bits per heavy atom. The van der Waals surface area contributed by atoms with E-state index in [0.717, 1.165) is 15.6 Å². The van der Waals surface area contributed by atoms with Crippen LogP contribution in [-0.2, 0) is 4.79 Å². The summed E-state index contributed by atoms with van der Waals surface area (Å²) in [6, 6.07) is 5.26. The van der Waals surface area contributed by atoms with Gasteiger partial charge in [-0.1, -0.05) is 35.0 Å². The third kappa shape index (κ3) is 3.38. The minimum absolute atomic E-state index is 0.224. The molecule has 1 heterocycles. The quantitative estimate of drug-likeness (QED) is 0.874. The van der Waals surface area contributed by atoms with E-state index in [1.807, 2.05) is 11.4 Å². The second-order valence-corrected chi connectivity index (χ2v) is 6.30. The van der Waals surface area contributed by atoms with Gasteiger partial charge in [-0.25, -0.2) is 4.98 Å². The van der Waals surface area contributed by atoms with Crippen LogP contribution in [0.1, 0.15) is 0 Å². The van der Waals surface area contributed by atoms with Gasteiger partial charge in [0.25, 0.3) is 0 Å². The topological polar surface area (TPSA) is 56.0 Å². The maximum atomic E-state index is 10.7. The average Bonchev–Trinajstić information content (AvgIpc) is 2.75. The van der Waals surface area contributed by atoms with Crippen LogP contribution >= 0.6 is 46.3 Å². The van der Waals surface area contributed by atoms with E-state index < -0.39 is 0 Å². The van der Waals surface area contributed by atoms with Crippen molar-refractivity contribution in [2.75, 3.05) is 5.75 Å². The molecular weight excluding hydrogens is 311 g/mol. The van der Waals surface area contributed by atoms with Gasteiger partial charge in [0.1, 0.15) is 0 Å². The summed E-state index contributed by atoms with van der Waals surface area (Å²) in [5.74, 6) is -0.136. The number of primary amides is 1. The molecule has 2 aromatic rings. The minimum Gasteiger partial charge on any atom is -0.369 e. The number of nitrogens with zero attached hydrogens (tertiary/aromatic N) is 1. The Bertz CT molecular complexity index is 586. The molecule has 2 N–H and O–H groups in total. The maximum absolute atomic E-state index is 10.7. The summed E-state index contributed by atoms with van der Waals surface area (Å²) >= 11 is 14.7. The van der Waals surface area contributed by atoms with Crippen LogP contribution in [0.15, 0.2) is 27.9 Å². The molecule has 0 aliphatic heterocycles. The third-order valence-corrected chi connectivity index (χ3v) is 4.62. The van der Waals surface area contributed by atoms with Crippen molar-refractivity contribution in [3.05, 3.63) is 33.6 Å². The highest BCUT2D eigenvalue weighted by atomic mass is 35.5. The van der Waals surface area contributed by atoms with E-state index in [-0.39, 0.29) is 11.7 Å². The Kier molecular flexibility index (Phi) is 4.50. The van der Waals surface area contributed by atoms with E-state index in [1.54, 1.807) is 12.1 Å². The highest BCUT2D eigenvalue weighted by Gasteiger charge is 2.09. The molecule has 1 amide bonds. The lowest BCUT2D eigenvalue weighted by Crippen LogP contribution is -2.12. The number of carbonyl (C=O) groups is 1. The van der Waals surface area contributed by atoms with E-state index in [2.05, 4.69) is 4.98 Å². The summed E-state index contributed by atoms with van der Waals surface area (Å²) < 4.78 is 0.787. The van der Waals surface area contributed by atoms with E-state index in [0.29, 0.717) is 10.0 Å². The summed E-state index contributed by atoms with van der Waals surface area (Å²) in [5, 5.41) is 3.03. The molecule has 0 radical (unpaired) electrons. The number of benzene rings is 1. The van der Waals surface area contributed by atoms with Crippen molar-refractivity contribution < 1.29 is 4.79 Å². The highest BCUT2D eigenvalue weighted by molar-refractivity contribution is 8.01. The van der Waals surface area contributed by atoms with Crippen LogP contribution in [0.4, 0.5) is 0 Å². The van der Waals surface area contributed by atoms with Gasteiger partial charge in [0.15, 0.2) is 4.34 Å². The average molecular weight is 319 g/mol. The second kappa shape index (κ2) is 5.93. The van der Waals surface area contributed by atoms with Gasteiger partial charge in [-0.3, -0.25) is 4.79 Å². The molecule has 0 aliphatic rings. The molecule has 0 spiro atoms. The lowest BCUT2D eigenvalue weighted by molar-refractivity contribution is -0.115. The molecule has 1 aromatic carbocycles. The number of hydrogen-bond acceptors (Lipinski definition) is 4. The monoisotopic (exact) mass is 318 g/mol. The maximum Gasteiger partial charge on any atom is 0.227 e. The fourth-order valence-corrected chi connectivity index (χ4v) is 3.35. The van der Waals surface area contributed by atoms with E-state index in [9.17, 15) is 4.79 Å². The predicted molar refractivity (Wildman–Crippen MR) is 77.5 cm³/mol. The van der Waals surface area contributed by atoms with Gasteiger partial charge in [-0.15, -0.1) is 11.3 Å². The normalized spacial score (nSPS) is 10.6. The molecule has 0 bridgehead atoms. The molecule has 0 atom stereocenters. The fraction of sp³-hybridized carbons (Fsp3) is 0.0909. The number of carbonyl (C=O) groups excluding carboxylic acids is 1. The number of rotatable bonds is 4. The molecule has 3 nitrogen and oxygen atoms in total. The molecule has 0 unspecified atom stereocenters. The Labute approximate surface area is 122 Å². The van der Waals surface area contributed by atoms with Crippen molar-refractivity contribution in [1.82, 2.24) is 4.98 Å². The van der Waals surface area contributed by atoms with Crippen LogP contribution in [-0.4, -0.2) is 16.6 Å². The molecule has 0 fully saturated rings. The zero-order chi connectivity index (χ0) is 13.1. The van der Waals surface area contributed by atoms with E-state index in [4.69, 9.17) is 28.9 Å². The van der Waals surface area contributed by atoms with Crippen molar-refractivity contribution in [1.29, 1.82) is 0 Å². The van der Waals surface area contributed by atoms with Crippen LogP contribution in [0.5, 0.6) is 0 Å². The predicted octanol–water partition coefficient (Wildman–Crippen LogP) is 3.69. The molecule has 7 heteroatoms. The van der Waals surface area contributed by atoms with Crippen molar-refractivity contribution in [3.63, 3.8) is 0 Å². The van der Waals surface area contributed by atoms with Crippen LogP contribution < -0.4 is 5.73 Å². The van der Waals surface area contributed by atoms with Crippen molar-refractivity contribution in [2.24, 2.45) is 5.73 Å². The van der Waals surface area contributed by atoms with Gasteiger partial charge in [0, 0.05) is 16.0 Å². The SMILES string of the molecule is NC(=O)CSc1nc(-c2ccc(Cl)cc2Cl)cs1. The van der Waals surface area contributed by atoms with Crippen LogP contribution in [0, 0.1) is 0 Å². The van der Waals surface area contributed by atoms with Crippen molar-refractivity contribution >= 4 is 52.2 Å². The van der Waals surface area contributed by atoms with Gasteiger partial charge in [-0.05, 0) is 18.2 Å². The van der Waals surface area contributed by atoms with Gasteiger partial charge < -0.3 is 5.73 Å². The van der Waals surface area contributed by atoms with Crippen LogP contribution in [0.3, 0.4) is 0 Å². The van der Waals surface area contributed by atoms with Crippen molar-refractivity contribution in [2.45, 2.75) is 4.34 Å². The number of amides is 1. The zero-order valence-corrected chi connectivity index (χ0v) is 12.2. The summed E-state index contributed by atoms with van der Waals surface area (Å²) in [6.45, 7) is 0. The summed E-state index contributed by atoms with van der Waals surface area (Å²) in [5.41, 5.74) is 6.67. The zero-order valence-electron chi connectivity index (χ0n) is 9.02. The van der Waals surface area contributed by atoms with Crippen LogP contribution in [0.2, 0.25) is 10.0 Å². The first kappa shape index (κ1) is 13.7. The number of hydrogen-bond donors (Lipinski definition) is 1. The Morgan fingerprint density at radius 3 is 2.89 bits per heavy atom. The second-order valence-electron chi connectivity index (χ2n) is 3.38. The van der Waals surface area contributed by atoms with E-state index >= 15 is 0 Å². The molecule has 1 aromatic heterocycles. The summed E-state index contributed by atoms with van der Waals surface area (Å²) in [4.78, 5) is 15.1. The fourth-order valence-electron chi connectivity index (χ4n) is 1.28. The standard InChI is InChI=1S/C11H8Cl2N2OS2/c12-6-1-2-7(8(13)3-6)9-4-17-11(15-9)18-5-10(14)16/h1-4H,5H2,(H2,14,16). The molecule has 94 valence electrons. The third-order valence-electron chi connectivity index (χ3n) is 2.03. The lowest BCUT2D eigenvalue weighted by atomic mass is 10.2. The lowest BCUT2D eigenvalue weighted by Gasteiger charge is -2.00. The molecule has 0 aliphatic carbocycles. The van der Waals surface area contributed by atoms with Crippen molar-refractivity contribution in [3.8, 4) is 11.3 Å². The first-order valence-corrected chi connectivity index (χ1v) is 7.50. The Hall–Kier alpha value is -0.750. The molecule has 0 saturated heterocycles. The van der Waals surface area contributed by atoms with Gasteiger partial charge in [0.05, 0.1) is 16.5 Å². The molecule has 18 heavy (non-hydrogen) atoms. The molecular formula is C11H8Cl2N2OS2. The van der Waals surface area contributed by atoms with Crippen LogP contribution in [0.25, 0.3) is 11.3 Å². The molecule has 2 rings (SSSR count). The Morgan fingerprint density at radius 2 is 2.22 bits per heavy atom. The first-order chi connectivity index (χ1) is 8.56. The first-order valence-electron chi connectivity index (χ1n) is 4.88. The number of thiazole rings is 1. The number of nitrogens with two attached hydrogens (primary N) is 1. The largest absolute Gasteiger partial charge is 0.369 e.